The van der Waals surface area contributed by atoms with E-state index in [9.17, 15) is 5.26 Å². The van der Waals surface area contributed by atoms with Gasteiger partial charge in [0, 0.05) is 22.7 Å². The molecule has 1 spiro atoms. The molecule has 0 unspecified atom stereocenters. The molecule has 0 N–H and O–H groups in total. The van der Waals surface area contributed by atoms with Crippen molar-refractivity contribution in [1.29, 1.82) is 5.26 Å². The minimum atomic E-state index is -0.0523. The molecule has 138 valence electrons. The molecule has 0 atom stereocenters. The van der Waals surface area contributed by atoms with Crippen LogP contribution in [0.4, 0.5) is 0 Å². The molecule has 2 aromatic carbocycles. The SMILES string of the molecule is Cc1ccc2c(c1C#N)CC1(CCCC1)N=C2c1cnc2c(C)cccc2c1. The van der Waals surface area contributed by atoms with E-state index < -0.39 is 0 Å². The first kappa shape index (κ1) is 17.1. The number of rotatable bonds is 1. The second-order valence-corrected chi connectivity index (χ2v) is 8.33. The zero-order chi connectivity index (χ0) is 19.3. The van der Waals surface area contributed by atoms with Crippen molar-refractivity contribution in [3.8, 4) is 6.07 Å². The Bertz CT molecular complexity index is 1170. The Balaban J connectivity index is 1.76. The summed E-state index contributed by atoms with van der Waals surface area (Å²) in [7, 11) is 0. The molecule has 2 aliphatic rings. The van der Waals surface area contributed by atoms with Crippen molar-refractivity contribution in [2.75, 3.05) is 0 Å². The van der Waals surface area contributed by atoms with Crippen LogP contribution >= 0.6 is 0 Å². The molecule has 2 heterocycles. The Morgan fingerprint density at radius 1 is 1.04 bits per heavy atom. The number of benzene rings is 2. The number of nitrogens with zero attached hydrogens (tertiary/aromatic N) is 3. The average Bonchev–Trinajstić information content (AvgIpc) is 3.15. The number of hydrogen-bond acceptors (Lipinski definition) is 3. The zero-order valence-corrected chi connectivity index (χ0v) is 16.4. The highest BCUT2D eigenvalue weighted by molar-refractivity contribution is 6.15. The van der Waals surface area contributed by atoms with Gasteiger partial charge in [0.1, 0.15) is 0 Å². The van der Waals surface area contributed by atoms with Gasteiger partial charge < -0.3 is 0 Å². The number of pyridine rings is 1. The van der Waals surface area contributed by atoms with Crippen molar-refractivity contribution in [2.24, 2.45) is 4.99 Å². The molecular formula is C25H23N3. The van der Waals surface area contributed by atoms with Crippen LogP contribution in [0.25, 0.3) is 10.9 Å². The molecule has 1 aliphatic heterocycles. The molecule has 28 heavy (non-hydrogen) atoms. The van der Waals surface area contributed by atoms with Crippen LogP contribution in [0, 0.1) is 25.2 Å². The summed E-state index contributed by atoms with van der Waals surface area (Å²) in [6, 6.07) is 15.2. The predicted molar refractivity (Wildman–Crippen MR) is 113 cm³/mol. The van der Waals surface area contributed by atoms with Gasteiger partial charge in [-0.3, -0.25) is 9.98 Å². The van der Waals surface area contributed by atoms with Gasteiger partial charge in [0.05, 0.1) is 28.4 Å². The lowest BCUT2D eigenvalue weighted by Crippen LogP contribution is -2.33. The Kier molecular flexibility index (Phi) is 3.84. The number of fused-ring (bicyclic) bond motifs is 2. The lowest BCUT2D eigenvalue weighted by atomic mass is 9.79. The highest BCUT2D eigenvalue weighted by Crippen LogP contribution is 2.42. The van der Waals surface area contributed by atoms with Crippen LogP contribution in [0.2, 0.25) is 0 Å². The smallest absolute Gasteiger partial charge is 0.0997 e. The molecule has 1 fully saturated rings. The maximum Gasteiger partial charge on any atom is 0.0997 e. The monoisotopic (exact) mass is 365 g/mol. The minimum absolute atomic E-state index is 0.0523. The number of nitriles is 1. The van der Waals surface area contributed by atoms with Crippen molar-refractivity contribution >= 4 is 16.6 Å². The van der Waals surface area contributed by atoms with Crippen LogP contribution in [0.3, 0.4) is 0 Å². The molecular weight excluding hydrogens is 342 g/mol. The highest BCUT2D eigenvalue weighted by atomic mass is 14.9. The van der Waals surface area contributed by atoms with E-state index in [1.807, 2.05) is 13.1 Å². The van der Waals surface area contributed by atoms with E-state index in [-0.39, 0.29) is 5.54 Å². The second-order valence-electron chi connectivity index (χ2n) is 8.33. The molecule has 0 saturated heterocycles. The first-order chi connectivity index (χ1) is 13.6. The minimum Gasteiger partial charge on any atom is -0.277 e. The Morgan fingerprint density at radius 2 is 1.86 bits per heavy atom. The summed E-state index contributed by atoms with van der Waals surface area (Å²) < 4.78 is 0. The summed E-state index contributed by atoms with van der Waals surface area (Å²) in [5.74, 6) is 0. The van der Waals surface area contributed by atoms with E-state index in [2.05, 4.69) is 49.4 Å². The van der Waals surface area contributed by atoms with Gasteiger partial charge in [-0.2, -0.15) is 5.26 Å². The molecule has 0 amide bonds. The molecule has 0 radical (unpaired) electrons. The summed E-state index contributed by atoms with van der Waals surface area (Å²) >= 11 is 0. The molecule has 3 aromatic rings. The van der Waals surface area contributed by atoms with Crippen LogP contribution in [0.15, 0.2) is 47.6 Å². The fourth-order valence-corrected chi connectivity index (χ4v) is 4.98. The Morgan fingerprint density at radius 3 is 2.64 bits per heavy atom. The molecule has 3 nitrogen and oxygen atoms in total. The first-order valence-corrected chi connectivity index (χ1v) is 10.1. The topological polar surface area (TPSA) is 49.0 Å². The van der Waals surface area contributed by atoms with Gasteiger partial charge in [0.15, 0.2) is 0 Å². The second kappa shape index (κ2) is 6.27. The molecule has 5 rings (SSSR count). The van der Waals surface area contributed by atoms with Crippen LogP contribution in [0.1, 0.15) is 59.1 Å². The molecule has 0 bridgehead atoms. The lowest BCUT2D eigenvalue weighted by molar-refractivity contribution is 0.434. The van der Waals surface area contributed by atoms with Gasteiger partial charge in [0.25, 0.3) is 0 Å². The van der Waals surface area contributed by atoms with Crippen molar-refractivity contribution < 1.29 is 0 Å². The summed E-state index contributed by atoms with van der Waals surface area (Å²) in [5.41, 5.74) is 8.41. The van der Waals surface area contributed by atoms with E-state index in [0.717, 1.165) is 58.1 Å². The lowest BCUT2D eigenvalue weighted by Gasteiger charge is -2.33. The van der Waals surface area contributed by atoms with Crippen molar-refractivity contribution in [2.45, 2.75) is 51.5 Å². The standard InChI is InChI=1S/C25H23N3/c1-16-8-9-20-21(22(16)14-26)13-25(10-3-4-11-25)28-24(20)19-12-18-7-5-6-17(2)23(18)27-15-19/h5-9,12,15H,3-4,10-11,13H2,1-2H3. The van der Waals surface area contributed by atoms with Crippen molar-refractivity contribution in [3.63, 3.8) is 0 Å². The van der Waals surface area contributed by atoms with E-state index >= 15 is 0 Å². The fraction of sp³-hybridized carbons (Fsp3) is 0.320. The number of hydrogen-bond donors (Lipinski definition) is 0. The third-order valence-corrected chi connectivity index (χ3v) is 6.46. The molecule has 1 aromatic heterocycles. The van der Waals surface area contributed by atoms with Gasteiger partial charge >= 0.3 is 0 Å². The van der Waals surface area contributed by atoms with Crippen LogP contribution < -0.4 is 0 Å². The van der Waals surface area contributed by atoms with Gasteiger partial charge in [-0.1, -0.05) is 43.2 Å². The van der Waals surface area contributed by atoms with Crippen molar-refractivity contribution in [1.82, 2.24) is 4.98 Å². The molecule has 1 aliphatic carbocycles. The van der Waals surface area contributed by atoms with Crippen molar-refractivity contribution in [3.05, 3.63) is 76.0 Å². The van der Waals surface area contributed by atoms with E-state index in [1.165, 1.54) is 24.0 Å². The summed E-state index contributed by atoms with van der Waals surface area (Å²) in [4.78, 5) is 10.1. The third kappa shape index (κ3) is 2.56. The van der Waals surface area contributed by atoms with Gasteiger partial charge in [-0.15, -0.1) is 0 Å². The number of para-hydroxylation sites is 1. The largest absolute Gasteiger partial charge is 0.277 e. The van der Waals surface area contributed by atoms with Gasteiger partial charge in [-0.05, 0) is 55.9 Å². The van der Waals surface area contributed by atoms with Gasteiger partial charge in [-0.25, -0.2) is 0 Å². The van der Waals surface area contributed by atoms with Crippen LogP contribution in [0.5, 0.6) is 0 Å². The maximum absolute atomic E-state index is 9.83. The number of aliphatic imine (C=N–C) groups is 1. The number of aromatic nitrogens is 1. The van der Waals surface area contributed by atoms with Crippen LogP contribution in [-0.2, 0) is 6.42 Å². The molecule has 1 saturated carbocycles. The first-order valence-electron chi connectivity index (χ1n) is 10.1. The number of aryl methyl sites for hydroxylation is 2. The quantitative estimate of drug-likeness (QED) is 0.577. The van der Waals surface area contributed by atoms with E-state index in [0.29, 0.717) is 0 Å². The maximum atomic E-state index is 9.83. The summed E-state index contributed by atoms with van der Waals surface area (Å²) in [6.45, 7) is 4.13. The normalized spacial score (nSPS) is 17.4. The Hall–Kier alpha value is -2.99. The van der Waals surface area contributed by atoms with E-state index in [1.54, 1.807) is 0 Å². The highest BCUT2D eigenvalue weighted by Gasteiger charge is 2.39. The fourth-order valence-electron chi connectivity index (χ4n) is 4.98. The average molecular weight is 365 g/mol. The third-order valence-electron chi connectivity index (χ3n) is 6.46. The van der Waals surface area contributed by atoms with Gasteiger partial charge in [0.2, 0.25) is 0 Å². The Labute approximate surface area is 165 Å². The zero-order valence-electron chi connectivity index (χ0n) is 16.4. The summed E-state index contributed by atoms with van der Waals surface area (Å²) in [6.07, 6.45) is 7.49. The van der Waals surface area contributed by atoms with E-state index in [4.69, 9.17) is 9.98 Å². The summed E-state index contributed by atoms with van der Waals surface area (Å²) in [5, 5.41) is 11.0. The predicted octanol–water partition coefficient (Wildman–Crippen LogP) is 5.43. The van der Waals surface area contributed by atoms with Crippen LogP contribution in [-0.4, -0.2) is 16.2 Å². The molecule has 3 heteroatoms.